The van der Waals surface area contributed by atoms with Gasteiger partial charge in [0, 0.05) is 39.7 Å². The number of benzene rings is 1. The first kappa shape index (κ1) is 13.6. The van der Waals surface area contributed by atoms with Crippen LogP contribution in [0.25, 0.3) is 27.4 Å². The molecule has 0 unspecified atom stereocenters. The molecular formula is C16H14N2O2S. The van der Waals surface area contributed by atoms with Gasteiger partial charge in [0.05, 0.1) is 11.4 Å². The summed E-state index contributed by atoms with van der Waals surface area (Å²) in [5.41, 5.74) is 3.70. The fourth-order valence-corrected chi connectivity index (χ4v) is 3.45. The number of carbonyl (C=O) groups is 1. The zero-order valence-corrected chi connectivity index (χ0v) is 12.5. The number of carboxylic acids is 1. The molecular weight excluding hydrogens is 284 g/mol. The maximum atomic E-state index is 10.8. The Morgan fingerprint density at radius 1 is 1.38 bits per heavy atom. The highest BCUT2D eigenvalue weighted by atomic mass is 32.1. The lowest BCUT2D eigenvalue weighted by atomic mass is 10.0. The third-order valence-electron chi connectivity index (χ3n) is 3.40. The second-order valence-corrected chi connectivity index (χ2v) is 5.70. The third kappa shape index (κ3) is 2.36. The largest absolute Gasteiger partial charge is 0.478 e. The van der Waals surface area contributed by atoms with Gasteiger partial charge in [-0.15, -0.1) is 11.3 Å². The maximum absolute atomic E-state index is 10.8. The number of nitrogens with zero attached hydrogens (tertiary/aromatic N) is 2. The molecule has 1 aromatic carbocycles. The Bertz CT molecular complexity index is 858. The number of rotatable bonds is 3. The van der Waals surface area contributed by atoms with E-state index in [0.717, 1.165) is 34.0 Å². The summed E-state index contributed by atoms with van der Waals surface area (Å²) < 4.78 is 3.02. The molecule has 0 amide bonds. The summed E-state index contributed by atoms with van der Waals surface area (Å²) in [7, 11) is 1.88. The van der Waals surface area contributed by atoms with Crippen molar-refractivity contribution in [3.8, 4) is 11.3 Å². The lowest BCUT2D eigenvalue weighted by molar-refractivity contribution is -0.131. The Balaban J connectivity index is 2.25. The summed E-state index contributed by atoms with van der Waals surface area (Å²) in [5.74, 6) is -0.959. The van der Waals surface area contributed by atoms with Crippen LogP contribution in [0.3, 0.4) is 0 Å². The van der Waals surface area contributed by atoms with Gasteiger partial charge in [-0.25, -0.2) is 4.79 Å². The van der Waals surface area contributed by atoms with Gasteiger partial charge in [0.15, 0.2) is 0 Å². The van der Waals surface area contributed by atoms with Crippen LogP contribution in [0.4, 0.5) is 0 Å². The topological polar surface area (TPSA) is 55.1 Å². The number of carboxylic acid groups (broad SMARTS) is 1. The van der Waals surface area contributed by atoms with Crippen LogP contribution in [0.2, 0.25) is 0 Å². The van der Waals surface area contributed by atoms with Gasteiger partial charge >= 0.3 is 5.97 Å². The Kier molecular flexibility index (Phi) is 3.35. The van der Waals surface area contributed by atoms with Gasteiger partial charge in [-0.3, -0.25) is 4.68 Å². The minimum Gasteiger partial charge on any atom is -0.478 e. The summed E-state index contributed by atoms with van der Waals surface area (Å²) in [6, 6.07) is 8.19. The van der Waals surface area contributed by atoms with Gasteiger partial charge in [0.1, 0.15) is 0 Å². The van der Waals surface area contributed by atoms with Crippen LogP contribution in [0.15, 0.2) is 35.7 Å². The summed E-state index contributed by atoms with van der Waals surface area (Å²) in [6.07, 6.45) is 2.77. The minimum atomic E-state index is -0.959. The molecule has 106 valence electrons. The van der Waals surface area contributed by atoms with Crippen molar-refractivity contribution in [1.82, 2.24) is 9.78 Å². The fraction of sp³-hybridized carbons (Fsp3) is 0.125. The zero-order valence-electron chi connectivity index (χ0n) is 11.7. The molecule has 21 heavy (non-hydrogen) atoms. The molecule has 3 aromatic rings. The summed E-state index contributed by atoms with van der Waals surface area (Å²) in [4.78, 5) is 10.8. The molecule has 3 rings (SSSR count). The lowest BCUT2D eigenvalue weighted by Crippen LogP contribution is -1.94. The van der Waals surface area contributed by atoms with Crippen molar-refractivity contribution in [3.63, 3.8) is 0 Å². The third-order valence-corrected chi connectivity index (χ3v) is 4.36. The van der Waals surface area contributed by atoms with Crippen LogP contribution in [0, 0.1) is 6.92 Å². The number of thiophene rings is 1. The molecule has 0 radical (unpaired) electrons. The second kappa shape index (κ2) is 5.18. The Labute approximate surface area is 126 Å². The SMILES string of the molecule is Cc1nn(C)c(-c2csc3ccccc23)c1/C=C/C(=O)O. The van der Waals surface area contributed by atoms with Crippen molar-refractivity contribution in [3.05, 3.63) is 47.0 Å². The van der Waals surface area contributed by atoms with Crippen molar-refractivity contribution in [1.29, 1.82) is 0 Å². The lowest BCUT2D eigenvalue weighted by Gasteiger charge is -2.03. The van der Waals surface area contributed by atoms with Crippen molar-refractivity contribution >= 4 is 33.5 Å². The van der Waals surface area contributed by atoms with Crippen molar-refractivity contribution in [2.24, 2.45) is 7.05 Å². The molecule has 0 bridgehead atoms. The van der Waals surface area contributed by atoms with E-state index in [1.54, 1.807) is 17.4 Å². The molecule has 1 N–H and O–H groups in total. The fourth-order valence-electron chi connectivity index (χ4n) is 2.51. The second-order valence-electron chi connectivity index (χ2n) is 4.79. The molecule has 0 saturated heterocycles. The molecule has 0 spiro atoms. The van der Waals surface area contributed by atoms with E-state index in [2.05, 4.69) is 22.6 Å². The maximum Gasteiger partial charge on any atom is 0.328 e. The predicted octanol–water partition coefficient (Wildman–Crippen LogP) is 3.71. The van der Waals surface area contributed by atoms with Crippen LogP contribution in [-0.2, 0) is 11.8 Å². The number of hydrogen-bond donors (Lipinski definition) is 1. The average molecular weight is 298 g/mol. The molecule has 2 aromatic heterocycles. The molecule has 0 aliphatic rings. The zero-order chi connectivity index (χ0) is 15.0. The van der Waals surface area contributed by atoms with Crippen molar-refractivity contribution < 1.29 is 9.90 Å². The van der Waals surface area contributed by atoms with Crippen LogP contribution >= 0.6 is 11.3 Å². The van der Waals surface area contributed by atoms with Gasteiger partial charge in [0.25, 0.3) is 0 Å². The normalized spacial score (nSPS) is 11.5. The van der Waals surface area contributed by atoms with Crippen LogP contribution in [-0.4, -0.2) is 20.9 Å². The number of hydrogen-bond acceptors (Lipinski definition) is 3. The van der Waals surface area contributed by atoms with Gasteiger partial charge in [-0.2, -0.15) is 5.10 Å². The molecule has 0 saturated carbocycles. The van der Waals surface area contributed by atoms with E-state index in [0.29, 0.717) is 0 Å². The Hall–Kier alpha value is -2.40. The molecule has 2 heterocycles. The highest BCUT2D eigenvalue weighted by Gasteiger charge is 2.16. The summed E-state index contributed by atoms with van der Waals surface area (Å²) in [5, 5.41) is 16.5. The molecule has 0 aliphatic carbocycles. The number of aryl methyl sites for hydroxylation is 2. The molecule has 0 fully saturated rings. The van der Waals surface area contributed by atoms with Crippen molar-refractivity contribution in [2.75, 3.05) is 0 Å². The van der Waals surface area contributed by atoms with E-state index in [4.69, 9.17) is 5.11 Å². The Morgan fingerprint density at radius 3 is 2.90 bits per heavy atom. The van der Waals surface area contributed by atoms with E-state index in [1.807, 2.05) is 30.8 Å². The Morgan fingerprint density at radius 2 is 2.14 bits per heavy atom. The predicted molar refractivity (Wildman–Crippen MR) is 85.4 cm³/mol. The molecule has 5 heteroatoms. The van der Waals surface area contributed by atoms with E-state index >= 15 is 0 Å². The van der Waals surface area contributed by atoms with Gasteiger partial charge < -0.3 is 5.11 Å². The first-order chi connectivity index (χ1) is 10.1. The van der Waals surface area contributed by atoms with Gasteiger partial charge in [-0.05, 0) is 19.1 Å². The molecule has 0 aliphatic heterocycles. The highest BCUT2D eigenvalue weighted by molar-refractivity contribution is 7.17. The van der Waals surface area contributed by atoms with E-state index in [1.165, 1.54) is 4.70 Å². The molecule has 4 nitrogen and oxygen atoms in total. The van der Waals surface area contributed by atoms with Gasteiger partial charge in [0.2, 0.25) is 0 Å². The molecule has 0 atom stereocenters. The highest BCUT2D eigenvalue weighted by Crippen LogP contribution is 2.36. The first-order valence-corrected chi connectivity index (χ1v) is 7.37. The van der Waals surface area contributed by atoms with Crippen LogP contribution in [0.5, 0.6) is 0 Å². The smallest absolute Gasteiger partial charge is 0.328 e. The van der Waals surface area contributed by atoms with Crippen LogP contribution in [0.1, 0.15) is 11.3 Å². The summed E-state index contributed by atoms with van der Waals surface area (Å²) >= 11 is 1.68. The van der Waals surface area contributed by atoms with E-state index in [-0.39, 0.29) is 0 Å². The van der Waals surface area contributed by atoms with Gasteiger partial charge in [-0.1, -0.05) is 18.2 Å². The standard InChI is InChI=1S/C16H14N2O2S/c1-10-11(7-8-15(19)20)16(18(2)17-10)13-9-21-14-6-4-3-5-12(13)14/h3-9H,1-2H3,(H,19,20)/b8-7+. The average Bonchev–Trinajstić information content (AvgIpc) is 2.97. The van der Waals surface area contributed by atoms with E-state index < -0.39 is 5.97 Å². The minimum absolute atomic E-state index is 0.820. The number of fused-ring (bicyclic) bond motifs is 1. The quantitative estimate of drug-likeness (QED) is 0.750. The van der Waals surface area contributed by atoms with E-state index in [9.17, 15) is 4.79 Å². The monoisotopic (exact) mass is 298 g/mol. The first-order valence-electron chi connectivity index (χ1n) is 6.49. The summed E-state index contributed by atoms with van der Waals surface area (Å²) in [6.45, 7) is 1.89. The van der Waals surface area contributed by atoms with Crippen LogP contribution < -0.4 is 0 Å². The number of aliphatic carboxylic acids is 1. The van der Waals surface area contributed by atoms with Crippen molar-refractivity contribution in [2.45, 2.75) is 6.92 Å². The number of aromatic nitrogens is 2.